The van der Waals surface area contributed by atoms with Gasteiger partial charge in [-0.3, -0.25) is 14.6 Å². The van der Waals surface area contributed by atoms with Gasteiger partial charge in [-0.2, -0.15) is 0 Å². The molecule has 0 aliphatic carbocycles. The monoisotopic (exact) mass is 328 g/mol. The van der Waals surface area contributed by atoms with E-state index in [1.165, 1.54) is 0 Å². The standard InChI is InChI=1S/C18H24N4O2/c1-14-4-3-5-16(10-14)19-18(23)13-22-8-6-21(7-9-22)12-17-11-15(2)24-20-17/h3-5,10-11H,6-9,12-13H2,1-2H3,(H,19,23). The number of piperazine rings is 1. The summed E-state index contributed by atoms with van der Waals surface area (Å²) in [4.78, 5) is 16.7. The summed E-state index contributed by atoms with van der Waals surface area (Å²) in [5.41, 5.74) is 2.97. The third-order valence-electron chi connectivity index (χ3n) is 4.20. The van der Waals surface area contributed by atoms with Gasteiger partial charge >= 0.3 is 0 Å². The quantitative estimate of drug-likeness (QED) is 0.910. The minimum Gasteiger partial charge on any atom is -0.361 e. The van der Waals surface area contributed by atoms with Crippen molar-refractivity contribution in [2.24, 2.45) is 0 Å². The van der Waals surface area contributed by atoms with Gasteiger partial charge in [-0.25, -0.2) is 0 Å². The van der Waals surface area contributed by atoms with Crippen molar-refractivity contribution in [2.75, 3.05) is 38.0 Å². The molecule has 0 saturated carbocycles. The number of rotatable bonds is 5. The Kier molecular flexibility index (Phi) is 5.27. The molecule has 1 aliphatic rings. The van der Waals surface area contributed by atoms with E-state index in [2.05, 4.69) is 20.3 Å². The highest BCUT2D eigenvalue weighted by atomic mass is 16.5. The van der Waals surface area contributed by atoms with E-state index >= 15 is 0 Å². The molecule has 2 heterocycles. The van der Waals surface area contributed by atoms with Gasteiger partial charge in [0.2, 0.25) is 5.91 Å². The molecule has 6 heteroatoms. The Labute approximate surface area is 142 Å². The second-order valence-electron chi connectivity index (χ2n) is 6.40. The van der Waals surface area contributed by atoms with Crippen LogP contribution in [0.15, 0.2) is 34.9 Å². The average Bonchev–Trinajstić information content (AvgIpc) is 2.94. The summed E-state index contributed by atoms with van der Waals surface area (Å²) in [6, 6.07) is 9.85. The van der Waals surface area contributed by atoms with Crippen LogP contribution in [0.1, 0.15) is 17.0 Å². The minimum absolute atomic E-state index is 0.0428. The molecule has 128 valence electrons. The van der Waals surface area contributed by atoms with Gasteiger partial charge in [0.25, 0.3) is 0 Å². The van der Waals surface area contributed by atoms with Gasteiger partial charge in [0.1, 0.15) is 5.76 Å². The molecule has 1 aromatic heterocycles. The molecule has 0 radical (unpaired) electrons. The Balaban J connectivity index is 1.42. The highest BCUT2D eigenvalue weighted by Crippen LogP contribution is 2.11. The van der Waals surface area contributed by atoms with Crippen molar-refractivity contribution in [1.29, 1.82) is 0 Å². The molecule has 2 aromatic rings. The second-order valence-corrected chi connectivity index (χ2v) is 6.40. The lowest BCUT2D eigenvalue weighted by Gasteiger charge is -2.33. The lowest BCUT2D eigenvalue weighted by Crippen LogP contribution is -2.48. The van der Waals surface area contributed by atoms with Crippen molar-refractivity contribution in [2.45, 2.75) is 20.4 Å². The molecular formula is C18H24N4O2. The Bertz CT molecular complexity index is 690. The van der Waals surface area contributed by atoms with E-state index < -0.39 is 0 Å². The van der Waals surface area contributed by atoms with E-state index in [4.69, 9.17) is 4.52 Å². The van der Waals surface area contributed by atoms with Gasteiger partial charge in [0.05, 0.1) is 12.2 Å². The number of carbonyl (C=O) groups is 1. The minimum atomic E-state index is 0.0428. The van der Waals surface area contributed by atoms with Crippen molar-refractivity contribution in [1.82, 2.24) is 15.0 Å². The first-order valence-corrected chi connectivity index (χ1v) is 8.32. The predicted molar refractivity (Wildman–Crippen MR) is 92.8 cm³/mol. The molecular weight excluding hydrogens is 304 g/mol. The first-order chi connectivity index (χ1) is 11.6. The number of amides is 1. The van der Waals surface area contributed by atoms with Crippen LogP contribution >= 0.6 is 0 Å². The normalized spacial score (nSPS) is 16.2. The molecule has 0 atom stereocenters. The number of aryl methyl sites for hydroxylation is 2. The number of anilines is 1. The lowest BCUT2D eigenvalue weighted by atomic mass is 10.2. The highest BCUT2D eigenvalue weighted by molar-refractivity contribution is 5.92. The largest absolute Gasteiger partial charge is 0.361 e. The summed E-state index contributed by atoms with van der Waals surface area (Å²) in [6.07, 6.45) is 0. The number of hydrogen-bond acceptors (Lipinski definition) is 5. The van der Waals surface area contributed by atoms with Crippen LogP contribution in [0.25, 0.3) is 0 Å². The van der Waals surface area contributed by atoms with Crippen LogP contribution in [0.2, 0.25) is 0 Å². The fraction of sp³-hybridized carbons (Fsp3) is 0.444. The first-order valence-electron chi connectivity index (χ1n) is 8.32. The van der Waals surface area contributed by atoms with Crippen molar-refractivity contribution < 1.29 is 9.32 Å². The number of carbonyl (C=O) groups excluding carboxylic acids is 1. The summed E-state index contributed by atoms with van der Waals surface area (Å²) in [5.74, 6) is 0.887. The third-order valence-corrected chi connectivity index (χ3v) is 4.20. The zero-order chi connectivity index (χ0) is 16.9. The molecule has 1 amide bonds. The van der Waals surface area contributed by atoms with Crippen LogP contribution in [0, 0.1) is 13.8 Å². The molecule has 0 unspecified atom stereocenters. The summed E-state index contributed by atoms with van der Waals surface area (Å²) < 4.78 is 5.10. The summed E-state index contributed by atoms with van der Waals surface area (Å²) in [6.45, 7) is 8.81. The first kappa shape index (κ1) is 16.7. The summed E-state index contributed by atoms with van der Waals surface area (Å²) >= 11 is 0. The molecule has 1 fully saturated rings. The van der Waals surface area contributed by atoms with Crippen LogP contribution in [0.5, 0.6) is 0 Å². The van der Waals surface area contributed by atoms with Crippen LogP contribution in [-0.2, 0) is 11.3 Å². The third kappa shape index (κ3) is 4.66. The summed E-state index contributed by atoms with van der Waals surface area (Å²) in [7, 11) is 0. The SMILES string of the molecule is Cc1cccc(NC(=O)CN2CCN(Cc3cc(C)on3)CC2)c1. The van der Waals surface area contributed by atoms with Gasteiger partial charge in [-0.1, -0.05) is 17.3 Å². The van der Waals surface area contributed by atoms with Crippen molar-refractivity contribution in [3.8, 4) is 0 Å². The van der Waals surface area contributed by atoms with E-state index in [-0.39, 0.29) is 5.91 Å². The maximum atomic E-state index is 12.2. The van der Waals surface area contributed by atoms with E-state index in [0.29, 0.717) is 6.54 Å². The maximum Gasteiger partial charge on any atom is 0.238 e. The zero-order valence-electron chi connectivity index (χ0n) is 14.3. The van der Waals surface area contributed by atoms with Gasteiger partial charge in [-0.15, -0.1) is 0 Å². The van der Waals surface area contributed by atoms with Crippen LogP contribution in [0.3, 0.4) is 0 Å². The summed E-state index contributed by atoms with van der Waals surface area (Å²) in [5, 5.41) is 7.00. The number of benzene rings is 1. The molecule has 1 aromatic carbocycles. The van der Waals surface area contributed by atoms with E-state index in [0.717, 1.165) is 55.4 Å². The number of aromatic nitrogens is 1. The van der Waals surface area contributed by atoms with E-state index in [1.54, 1.807) is 0 Å². The van der Waals surface area contributed by atoms with Gasteiger partial charge < -0.3 is 9.84 Å². The van der Waals surface area contributed by atoms with E-state index in [1.807, 2.05) is 44.2 Å². The van der Waals surface area contributed by atoms with Gasteiger partial charge in [-0.05, 0) is 31.5 Å². The average molecular weight is 328 g/mol. The molecule has 3 rings (SSSR count). The molecule has 24 heavy (non-hydrogen) atoms. The molecule has 0 spiro atoms. The molecule has 1 N–H and O–H groups in total. The Hall–Kier alpha value is -2.18. The Morgan fingerprint density at radius 2 is 1.92 bits per heavy atom. The van der Waals surface area contributed by atoms with Crippen molar-refractivity contribution in [3.05, 3.63) is 47.3 Å². The fourth-order valence-corrected chi connectivity index (χ4v) is 2.95. The predicted octanol–water partition coefficient (Wildman–Crippen LogP) is 2.05. The fourth-order valence-electron chi connectivity index (χ4n) is 2.95. The number of hydrogen-bond donors (Lipinski definition) is 1. The lowest BCUT2D eigenvalue weighted by molar-refractivity contribution is -0.117. The van der Waals surface area contributed by atoms with Crippen LogP contribution in [-0.4, -0.2) is 53.6 Å². The highest BCUT2D eigenvalue weighted by Gasteiger charge is 2.19. The topological polar surface area (TPSA) is 61.6 Å². The van der Waals surface area contributed by atoms with Gasteiger partial charge in [0.15, 0.2) is 0 Å². The molecule has 1 saturated heterocycles. The molecule has 0 bridgehead atoms. The molecule has 1 aliphatic heterocycles. The van der Waals surface area contributed by atoms with Crippen LogP contribution < -0.4 is 5.32 Å². The van der Waals surface area contributed by atoms with Gasteiger partial charge in [0, 0.05) is 44.5 Å². The second kappa shape index (κ2) is 7.59. The number of nitrogens with one attached hydrogen (secondary N) is 1. The Morgan fingerprint density at radius 3 is 2.58 bits per heavy atom. The zero-order valence-corrected chi connectivity index (χ0v) is 14.3. The van der Waals surface area contributed by atoms with Crippen LogP contribution in [0.4, 0.5) is 5.69 Å². The van der Waals surface area contributed by atoms with Crippen molar-refractivity contribution >= 4 is 11.6 Å². The smallest absolute Gasteiger partial charge is 0.238 e. The van der Waals surface area contributed by atoms with Crippen molar-refractivity contribution in [3.63, 3.8) is 0 Å². The Morgan fingerprint density at radius 1 is 1.17 bits per heavy atom. The maximum absolute atomic E-state index is 12.2. The number of nitrogens with zero attached hydrogens (tertiary/aromatic N) is 3. The molecule has 6 nitrogen and oxygen atoms in total. The van der Waals surface area contributed by atoms with E-state index in [9.17, 15) is 4.79 Å².